The van der Waals surface area contributed by atoms with Crippen LogP contribution in [0.15, 0.2) is 77.3 Å². The van der Waals surface area contributed by atoms with Crippen molar-refractivity contribution in [3.05, 3.63) is 87.9 Å². The van der Waals surface area contributed by atoms with E-state index in [1.54, 1.807) is 29.5 Å². The number of nitrogens with one attached hydrogen (secondary N) is 1. The number of aromatic nitrogens is 1. The molecule has 0 saturated carbocycles. The molecule has 1 atom stereocenters. The highest BCUT2D eigenvalue weighted by Crippen LogP contribution is 2.26. The monoisotopic (exact) mass is 356 g/mol. The molecule has 1 N–H and O–H groups in total. The number of pyridine rings is 1. The van der Waals surface area contributed by atoms with Gasteiger partial charge in [0.05, 0.1) is 11.8 Å². The van der Waals surface area contributed by atoms with Crippen molar-refractivity contribution in [3.63, 3.8) is 0 Å². The Morgan fingerprint density at radius 3 is 2.62 bits per heavy atom. The summed E-state index contributed by atoms with van der Waals surface area (Å²) < 4.78 is 0.770. The van der Waals surface area contributed by atoms with Gasteiger partial charge in [-0.15, -0.1) is 11.3 Å². The Bertz CT molecular complexity index is 792. The molecule has 6 heteroatoms. The summed E-state index contributed by atoms with van der Waals surface area (Å²) in [7, 11) is 0. The normalized spacial score (nSPS) is 11.8. The first-order chi connectivity index (χ1) is 11.7. The Labute approximate surface area is 148 Å². The predicted molar refractivity (Wildman–Crippen MR) is 96.9 cm³/mol. The molecule has 0 aliphatic heterocycles. The highest BCUT2D eigenvalue weighted by Gasteiger charge is 2.18. The molecule has 0 aliphatic carbocycles. The van der Waals surface area contributed by atoms with Gasteiger partial charge in [0, 0.05) is 17.0 Å². The topological polar surface area (TPSA) is 56.0 Å². The zero-order chi connectivity index (χ0) is 16.8. The minimum absolute atomic E-state index is 0.105. The van der Waals surface area contributed by atoms with E-state index in [9.17, 15) is 10.0 Å². The van der Waals surface area contributed by atoms with Gasteiger partial charge in [0.2, 0.25) is 5.91 Å². The number of hydrogen-bond acceptors (Lipinski definition) is 4. The maximum atomic E-state index is 12.4. The maximum absolute atomic E-state index is 12.4. The van der Waals surface area contributed by atoms with E-state index in [0.717, 1.165) is 15.2 Å². The van der Waals surface area contributed by atoms with Crippen LogP contribution >= 0.6 is 23.1 Å². The van der Waals surface area contributed by atoms with E-state index in [1.807, 2.05) is 47.8 Å². The molecule has 0 saturated heterocycles. The molecule has 2 aromatic heterocycles. The molecule has 0 radical (unpaired) electrons. The minimum atomic E-state index is -0.172. The van der Waals surface area contributed by atoms with Gasteiger partial charge in [0.25, 0.3) is 5.03 Å². The molecule has 122 valence electrons. The van der Waals surface area contributed by atoms with Crippen LogP contribution in [0.5, 0.6) is 0 Å². The molecule has 2 heterocycles. The summed E-state index contributed by atoms with van der Waals surface area (Å²) in [6.07, 6.45) is 1.43. The summed E-state index contributed by atoms with van der Waals surface area (Å²) in [5, 5.41) is 17.2. The Balaban J connectivity index is 1.69. The average Bonchev–Trinajstić information content (AvgIpc) is 3.14. The quantitative estimate of drug-likeness (QED) is 0.418. The molecule has 0 fully saturated rings. The number of thioether (sulfide) groups is 1. The van der Waals surface area contributed by atoms with Gasteiger partial charge in [0.15, 0.2) is 6.20 Å². The van der Waals surface area contributed by atoms with Gasteiger partial charge in [-0.25, -0.2) is 0 Å². The zero-order valence-electron chi connectivity index (χ0n) is 12.8. The van der Waals surface area contributed by atoms with Crippen LogP contribution in [0, 0.1) is 5.21 Å². The first-order valence-corrected chi connectivity index (χ1v) is 9.29. The smallest absolute Gasteiger partial charge is 0.251 e. The maximum Gasteiger partial charge on any atom is 0.251 e. The summed E-state index contributed by atoms with van der Waals surface area (Å²) in [6, 6.07) is 18.8. The van der Waals surface area contributed by atoms with Gasteiger partial charge >= 0.3 is 0 Å². The van der Waals surface area contributed by atoms with Crippen molar-refractivity contribution in [2.75, 3.05) is 5.75 Å². The van der Waals surface area contributed by atoms with E-state index in [0.29, 0.717) is 5.03 Å². The van der Waals surface area contributed by atoms with Crippen molar-refractivity contribution in [1.29, 1.82) is 0 Å². The summed E-state index contributed by atoms with van der Waals surface area (Å²) >= 11 is 2.84. The third-order valence-electron chi connectivity index (χ3n) is 3.41. The largest absolute Gasteiger partial charge is 0.618 e. The number of benzene rings is 1. The summed E-state index contributed by atoms with van der Waals surface area (Å²) in [6.45, 7) is 0. The first kappa shape index (κ1) is 16.5. The van der Waals surface area contributed by atoms with E-state index >= 15 is 0 Å². The van der Waals surface area contributed by atoms with E-state index in [1.165, 1.54) is 18.0 Å². The Hall–Kier alpha value is -2.31. The zero-order valence-corrected chi connectivity index (χ0v) is 14.4. The molecule has 24 heavy (non-hydrogen) atoms. The minimum Gasteiger partial charge on any atom is -0.618 e. The fourth-order valence-corrected chi connectivity index (χ4v) is 3.81. The number of carbonyl (C=O) groups is 1. The molecule has 1 amide bonds. The SMILES string of the molecule is O=C(CSc1cccc[n+]1[O-])N[C@H](c1ccccc1)c1cccs1. The van der Waals surface area contributed by atoms with Crippen molar-refractivity contribution in [2.45, 2.75) is 11.1 Å². The molecular formula is C18H16N2O2S2. The van der Waals surface area contributed by atoms with E-state index in [-0.39, 0.29) is 17.7 Å². The van der Waals surface area contributed by atoms with Gasteiger partial charge < -0.3 is 10.5 Å². The standard InChI is InChI=1S/C18H16N2O2S2/c21-16(13-24-17-10-4-5-11-20(17)22)19-18(15-9-6-12-23-15)14-7-2-1-3-8-14/h1-12,18H,13H2,(H,19,21)/t18-/m1/s1. The van der Waals surface area contributed by atoms with Gasteiger partial charge in [-0.05, 0) is 34.8 Å². The van der Waals surface area contributed by atoms with E-state index < -0.39 is 0 Å². The van der Waals surface area contributed by atoms with Crippen LogP contribution in [-0.4, -0.2) is 11.7 Å². The van der Waals surface area contributed by atoms with Crippen LogP contribution in [0.25, 0.3) is 0 Å². The number of rotatable bonds is 6. The second kappa shape index (κ2) is 7.99. The fourth-order valence-electron chi connectivity index (χ4n) is 2.29. The lowest BCUT2D eigenvalue weighted by atomic mass is 10.1. The van der Waals surface area contributed by atoms with Crippen molar-refractivity contribution in [1.82, 2.24) is 5.32 Å². The van der Waals surface area contributed by atoms with Crippen LogP contribution in [0.3, 0.4) is 0 Å². The van der Waals surface area contributed by atoms with Gasteiger partial charge in [0.1, 0.15) is 0 Å². The van der Waals surface area contributed by atoms with E-state index in [4.69, 9.17) is 0 Å². The molecule has 1 aromatic carbocycles. The van der Waals surface area contributed by atoms with Crippen molar-refractivity contribution in [3.8, 4) is 0 Å². The number of carbonyl (C=O) groups excluding carboxylic acids is 1. The summed E-state index contributed by atoms with van der Waals surface area (Å²) in [5.41, 5.74) is 1.04. The summed E-state index contributed by atoms with van der Waals surface area (Å²) in [4.78, 5) is 13.4. The third kappa shape index (κ3) is 4.15. The molecule has 0 bridgehead atoms. The van der Waals surface area contributed by atoms with Crippen molar-refractivity contribution >= 4 is 29.0 Å². The van der Waals surface area contributed by atoms with Gasteiger partial charge in [-0.2, -0.15) is 4.73 Å². The van der Waals surface area contributed by atoms with Crippen molar-refractivity contribution < 1.29 is 9.52 Å². The second-order valence-corrected chi connectivity index (χ2v) is 7.05. The Morgan fingerprint density at radius 2 is 1.92 bits per heavy atom. The number of amides is 1. The lowest BCUT2D eigenvalue weighted by molar-refractivity contribution is -0.645. The third-order valence-corrected chi connectivity index (χ3v) is 5.36. The number of nitrogens with zero attached hydrogens (tertiary/aromatic N) is 1. The van der Waals surface area contributed by atoms with Gasteiger partial charge in [-0.1, -0.05) is 36.4 Å². The van der Waals surface area contributed by atoms with E-state index in [2.05, 4.69) is 5.32 Å². The second-order valence-electron chi connectivity index (χ2n) is 5.08. The highest BCUT2D eigenvalue weighted by atomic mass is 32.2. The average molecular weight is 356 g/mol. The fraction of sp³-hybridized carbons (Fsp3) is 0.111. The van der Waals surface area contributed by atoms with Crippen LogP contribution in [0.2, 0.25) is 0 Å². The lowest BCUT2D eigenvalue weighted by Gasteiger charge is -2.18. The summed E-state index contributed by atoms with van der Waals surface area (Å²) in [5.74, 6) is 0.0899. The van der Waals surface area contributed by atoms with Crippen molar-refractivity contribution in [2.24, 2.45) is 0 Å². The molecule has 4 nitrogen and oxygen atoms in total. The number of hydrogen-bond donors (Lipinski definition) is 1. The number of thiophene rings is 1. The van der Waals surface area contributed by atoms with Crippen LogP contribution in [-0.2, 0) is 4.79 Å². The Morgan fingerprint density at radius 1 is 1.12 bits per heavy atom. The molecule has 0 aliphatic rings. The van der Waals surface area contributed by atoms with Crippen LogP contribution in [0.4, 0.5) is 0 Å². The molecule has 0 spiro atoms. The first-order valence-electron chi connectivity index (χ1n) is 7.43. The lowest BCUT2D eigenvalue weighted by Crippen LogP contribution is -2.32. The molecule has 0 unspecified atom stereocenters. The van der Waals surface area contributed by atoms with Crippen LogP contribution < -0.4 is 10.0 Å². The Kier molecular flexibility index (Phi) is 5.51. The highest BCUT2D eigenvalue weighted by molar-refractivity contribution is 7.99. The molecule has 3 rings (SSSR count). The predicted octanol–water partition coefficient (Wildman–Crippen LogP) is 3.38. The molecular weight excluding hydrogens is 340 g/mol. The molecule has 3 aromatic rings. The van der Waals surface area contributed by atoms with Gasteiger partial charge in [-0.3, -0.25) is 4.79 Å². The van der Waals surface area contributed by atoms with Crippen LogP contribution in [0.1, 0.15) is 16.5 Å².